The second-order valence-electron chi connectivity index (χ2n) is 8.88. The van der Waals surface area contributed by atoms with Gasteiger partial charge in [-0.25, -0.2) is 0 Å². The first-order chi connectivity index (χ1) is 16.0. The molecule has 0 aliphatic carbocycles. The predicted octanol–water partition coefficient (Wildman–Crippen LogP) is 6.48. The highest BCUT2D eigenvalue weighted by Gasteiger charge is 2.42. The summed E-state index contributed by atoms with van der Waals surface area (Å²) in [7, 11) is 0. The summed E-state index contributed by atoms with van der Waals surface area (Å²) in [6.07, 6.45) is 3.97. The van der Waals surface area contributed by atoms with Gasteiger partial charge in [0.2, 0.25) is 0 Å². The summed E-state index contributed by atoms with van der Waals surface area (Å²) in [5.41, 5.74) is 6.91. The first-order valence-corrected chi connectivity index (χ1v) is 11.8. The van der Waals surface area contributed by atoms with Crippen LogP contribution in [0.5, 0.6) is 0 Å². The summed E-state index contributed by atoms with van der Waals surface area (Å²) in [6.45, 7) is 6.55. The van der Waals surface area contributed by atoms with E-state index in [-0.39, 0.29) is 12.1 Å². The maximum atomic E-state index is 5.89. The monoisotopic (exact) mass is 452 g/mol. The molecule has 2 atom stereocenters. The molecule has 4 nitrogen and oxygen atoms in total. The van der Waals surface area contributed by atoms with E-state index in [1.807, 2.05) is 18.3 Å². The first kappa shape index (κ1) is 21.4. The molecule has 0 radical (unpaired) electrons. The van der Waals surface area contributed by atoms with Gasteiger partial charge in [-0.1, -0.05) is 44.2 Å². The average Bonchev–Trinajstić information content (AvgIpc) is 3.44. The summed E-state index contributed by atoms with van der Waals surface area (Å²) >= 11 is 5.89. The molecule has 4 aromatic rings. The lowest BCUT2D eigenvalue weighted by atomic mass is 9.99. The average molecular weight is 453 g/mol. The highest BCUT2D eigenvalue weighted by atomic mass is 32.1. The third-order valence-corrected chi connectivity index (χ3v) is 6.61. The van der Waals surface area contributed by atoms with Gasteiger partial charge >= 0.3 is 0 Å². The van der Waals surface area contributed by atoms with Crippen LogP contribution in [-0.2, 0) is 0 Å². The van der Waals surface area contributed by atoms with Gasteiger partial charge in [-0.2, -0.15) is 0 Å². The Hall–Kier alpha value is -3.44. The van der Waals surface area contributed by atoms with Gasteiger partial charge in [-0.3, -0.25) is 4.98 Å². The molecule has 0 bridgehead atoms. The highest BCUT2D eigenvalue weighted by Crippen LogP contribution is 2.42. The zero-order valence-electron chi connectivity index (χ0n) is 19.1. The van der Waals surface area contributed by atoms with Crippen LogP contribution < -0.4 is 10.2 Å². The molecular formula is C28H28N4S. The molecule has 0 spiro atoms. The predicted molar refractivity (Wildman–Crippen MR) is 139 cm³/mol. The van der Waals surface area contributed by atoms with Gasteiger partial charge in [0.15, 0.2) is 5.11 Å². The Morgan fingerprint density at radius 2 is 1.73 bits per heavy atom. The zero-order valence-corrected chi connectivity index (χ0v) is 20.0. The lowest BCUT2D eigenvalue weighted by Crippen LogP contribution is -2.30. The van der Waals surface area contributed by atoms with E-state index in [4.69, 9.17) is 12.2 Å². The molecule has 2 aromatic carbocycles. The molecule has 166 valence electrons. The largest absolute Gasteiger partial charge is 0.351 e. The summed E-state index contributed by atoms with van der Waals surface area (Å²) in [4.78, 5) is 6.92. The third-order valence-electron chi connectivity index (χ3n) is 6.30. The molecule has 3 heterocycles. The number of aromatic nitrogens is 2. The quantitative estimate of drug-likeness (QED) is 0.351. The van der Waals surface area contributed by atoms with Crippen molar-refractivity contribution in [2.45, 2.75) is 38.8 Å². The van der Waals surface area contributed by atoms with Crippen LogP contribution in [0.15, 0.2) is 91.3 Å². The van der Waals surface area contributed by atoms with Crippen LogP contribution in [0.25, 0.3) is 5.69 Å². The molecule has 1 aliphatic heterocycles. The van der Waals surface area contributed by atoms with Gasteiger partial charge < -0.3 is 14.8 Å². The Labute approximate surface area is 200 Å². The number of thiocarbonyl (C=S) groups is 1. The van der Waals surface area contributed by atoms with E-state index in [1.165, 1.54) is 11.1 Å². The van der Waals surface area contributed by atoms with Crippen LogP contribution >= 0.6 is 12.2 Å². The summed E-state index contributed by atoms with van der Waals surface area (Å²) in [6, 6.07) is 27.6. The van der Waals surface area contributed by atoms with E-state index < -0.39 is 0 Å². The third kappa shape index (κ3) is 4.05. The SMILES string of the molecule is Cc1cccc(-n2cccc2[C@H]2[C@@H](c3ccccn3)NC(=S)N2c2ccc(C(C)C)cc2)c1. The molecule has 0 unspecified atom stereocenters. The minimum absolute atomic E-state index is 0.0483. The van der Waals surface area contributed by atoms with E-state index in [0.717, 1.165) is 22.8 Å². The van der Waals surface area contributed by atoms with Crippen molar-refractivity contribution in [1.29, 1.82) is 0 Å². The molecular weight excluding hydrogens is 424 g/mol. The van der Waals surface area contributed by atoms with Gasteiger partial charge in [0.05, 0.1) is 11.7 Å². The fraction of sp³-hybridized carbons (Fsp3) is 0.214. The smallest absolute Gasteiger partial charge is 0.174 e. The topological polar surface area (TPSA) is 33.1 Å². The molecule has 1 N–H and O–H groups in total. The molecule has 0 saturated carbocycles. The Balaban J connectivity index is 1.64. The van der Waals surface area contributed by atoms with Crippen LogP contribution in [0.2, 0.25) is 0 Å². The molecule has 5 heteroatoms. The van der Waals surface area contributed by atoms with Crippen molar-refractivity contribution in [2.24, 2.45) is 0 Å². The van der Waals surface area contributed by atoms with E-state index in [1.54, 1.807) is 0 Å². The van der Waals surface area contributed by atoms with Gasteiger partial charge in [0.25, 0.3) is 0 Å². The lowest BCUT2D eigenvalue weighted by molar-refractivity contribution is 0.549. The molecule has 1 fully saturated rings. The molecule has 0 amide bonds. The van der Waals surface area contributed by atoms with E-state index >= 15 is 0 Å². The molecule has 5 rings (SSSR count). The number of rotatable bonds is 5. The number of benzene rings is 2. The highest BCUT2D eigenvalue weighted by molar-refractivity contribution is 7.80. The molecule has 33 heavy (non-hydrogen) atoms. The minimum atomic E-state index is -0.0677. The normalized spacial score (nSPS) is 18.1. The summed E-state index contributed by atoms with van der Waals surface area (Å²) in [5.74, 6) is 0.485. The zero-order chi connectivity index (χ0) is 22.9. The van der Waals surface area contributed by atoms with Crippen molar-refractivity contribution in [1.82, 2.24) is 14.9 Å². The van der Waals surface area contributed by atoms with E-state index in [9.17, 15) is 0 Å². The van der Waals surface area contributed by atoms with E-state index in [2.05, 4.69) is 113 Å². The fourth-order valence-corrected chi connectivity index (χ4v) is 4.95. The van der Waals surface area contributed by atoms with Gasteiger partial charge in [0.1, 0.15) is 6.04 Å². The summed E-state index contributed by atoms with van der Waals surface area (Å²) < 4.78 is 2.26. The molecule has 2 aromatic heterocycles. The number of nitrogens with zero attached hydrogens (tertiary/aromatic N) is 3. The van der Waals surface area contributed by atoms with Crippen molar-refractivity contribution in [2.75, 3.05) is 4.90 Å². The van der Waals surface area contributed by atoms with Crippen LogP contribution in [0, 0.1) is 6.92 Å². The Morgan fingerprint density at radius 1 is 0.909 bits per heavy atom. The molecule has 1 aliphatic rings. The first-order valence-electron chi connectivity index (χ1n) is 11.4. The number of anilines is 1. The maximum absolute atomic E-state index is 5.89. The lowest BCUT2D eigenvalue weighted by Gasteiger charge is -2.29. The second-order valence-corrected chi connectivity index (χ2v) is 9.27. The Morgan fingerprint density at radius 3 is 2.42 bits per heavy atom. The number of hydrogen-bond donors (Lipinski definition) is 1. The fourth-order valence-electron chi connectivity index (χ4n) is 4.60. The molecule has 1 saturated heterocycles. The van der Waals surface area contributed by atoms with Crippen LogP contribution in [0.1, 0.15) is 54.4 Å². The van der Waals surface area contributed by atoms with Crippen molar-refractivity contribution in [3.05, 3.63) is 114 Å². The number of aryl methyl sites for hydroxylation is 1. The minimum Gasteiger partial charge on any atom is -0.351 e. The van der Waals surface area contributed by atoms with Crippen LogP contribution in [0.3, 0.4) is 0 Å². The van der Waals surface area contributed by atoms with Crippen LogP contribution in [-0.4, -0.2) is 14.7 Å². The van der Waals surface area contributed by atoms with Crippen LogP contribution in [0.4, 0.5) is 5.69 Å². The van der Waals surface area contributed by atoms with Crippen molar-refractivity contribution < 1.29 is 0 Å². The number of hydrogen-bond acceptors (Lipinski definition) is 2. The maximum Gasteiger partial charge on any atom is 0.174 e. The second kappa shape index (κ2) is 8.83. The number of pyridine rings is 1. The van der Waals surface area contributed by atoms with Gasteiger partial charge in [-0.15, -0.1) is 0 Å². The van der Waals surface area contributed by atoms with Crippen molar-refractivity contribution >= 4 is 23.0 Å². The number of nitrogens with one attached hydrogen (secondary N) is 1. The Kier molecular flexibility index (Phi) is 5.73. The van der Waals surface area contributed by atoms with Crippen molar-refractivity contribution in [3.8, 4) is 5.69 Å². The van der Waals surface area contributed by atoms with Gasteiger partial charge in [0, 0.05) is 29.5 Å². The van der Waals surface area contributed by atoms with Gasteiger partial charge in [-0.05, 0) is 84.7 Å². The van der Waals surface area contributed by atoms with Crippen molar-refractivity contribution in [3.63, 3.8) is 0 Å². The standard InChI is InChI=1S/C28H28N4S/c1-19(2)21-12-14-22(15-13-21)32-27(26(30-28(32)33)24-10-4-5-16-29-24)25-11-7-17-31(25)23-9-6-8-20(3)18-23/h4-19,26-27H,1-3H3,(H,30,33)/t26-,27+/m1/s1. The Bertz CT molecular complexity index is 1260. The van der Waals surface area contributed by atoms with E-state index in [0.29, 0.717) is 11.0 Å². The summed E-state index contributed by atoms with van der Waals surface area (Å²) in [5, 5.41) is 4.28.